The Morgan fingerprint density at radius 1 is 1.32 bits per heavy atom. The zero-order valence-corrected chi connectivity index (χ0v) is 11.3. The number of para-hydroxylation sites is 1. The Bertz CT molecular complexity index is 576. The van der Waals surface area contributed by atoms with Crippen LogP contribution in [0.5, 0.6) is 0 Å². The van der Waals surface area contributed by atoms with Gasteiger partial charge >= 0.3 is 0 Å². The van der Waals surface area contributed by atoms with E-state index in [4.69, 9.17) is 0 Å². The van der Waals surface area contributed by atoms with Gasteiger partial charge in [-0.15, -0.1) is 0 Å². The van der Waals surface area contributed by atoms with Gasteiger partial charge in [-0.3, -0.25) is 4.98 Å². The van der Waals surface area contributed by atoms with E-state index in [0.29, 0.717) is 5.92 Å². The van der Waals surface area contributed by atoms with E-state index in [2.05, 4.69) is 34.6 Å². The Balaban J connectivity index is 1.69. The van der Waals surface area contributed by atoms with E-state index < -0.39 is 0 Å². The number of pyridine rings is 1. The summed E-state index contributed by atoms with van der Waals surface area (Å²) in [5, 5.41) is 14.0. The van der Waals surface area contributed by atoms with Crippen LogP contribution in [0.2, 0.25) is 0 Å². The minimum atomic E-state index is -0.0594. The summed E-state index contributed by atoms with van der Waals surface area (Å²) < 4.78 is 0. The topological polar surface area (TPSA) is 45.1 Å². The number of aromatic nitrogens is 1. The summed E-state index contributed by atoms with van der Waals surface area (Å²) in [6.07, 6.45) is 1.84. The molecule has 0 amide bonds. The molecule has 0 bridgehead atoms. The summed E-state index contributed by atoms with van der Waals surface area (Å²) in [4.78, 5) is 4.56. The van der Waals surface area contributed by atoms with Crippen LogP contribution in [-0.2, 0) is 6.54 Å². The Kier molecular flexibility index (Phi) is 3.49. The summed E-state index contributed by atoms with van der Waals surface area (Å²) >= 11 is 0. The molecule has 0 aliphatic heterocycles. The predicted octanol–water partition coefficient (Wildman–Crippen LogP) is 2.40. The maximum absolute atomic E-state index is 9.28. The largest absolute Gasteiger partial charge is 0.393 e. The molecule has 0 radical (unpaired) electrons. The fourth-order valence-electron chi connectivity index (χ4n) is 2.82. The van der Waals surface area contributed by atoms with E-state index in [-0.39, 0.29) is 6.10 Å². The van der Waals surface area contributed by atoms with E-state index >= 15 is 0 Å². The molecule has 3 heteroatoms. The van der Waals surface area contributed by atoms with Gasteiger partial charge in [0.05, 0.1) is 11.6 Å². The number of rotatable bonds is 4. The zero-order chi connectivity index (χ0) is 13.2. The van der Waals surface area contributed by atoms with E-state index in [0.717, 1.165) is 37.1 Å². The van der Waals surface area contributed by atoms with Crippen molar-refractivity contribution in [2.75, 3.05) is 6.54 Å². The first-order chi connectivity index (χ1) is 9.22. The lowest BCUT2D eigenvalue weighted by Gasteiger charge is -2.31. The smallest absolute Gasteiger partial charge is 0.0708 e. The van der Waals surface area contributed by atoms with Gasteiger partial charge in [0, 0.05) is 17.6 Å². The van der Waals surface area contributed by atoms with Gasteiger partial charge in [0.1, 0.15) is 0 Å². The van der Waals surface area contributed by atoms with Crippen molar-refractivity contribution in [1.82, 2.24) is 10.3 Å². The van der Waals surface area contributed by atoms with Gasteiger partial charge in [-0.25, -0.2) is 0 Å². The van der Waals surface area contributed by atoms with Gasteiger partial charge in [0.25, 0.3) is 0 Å². The number of aryl methyl sites for hydroxylation is 1. The second-order valence-electron chi connectivity index (χ2n) is 5.56. The third-order valence-electron chi connectivity index (χ3n) is 3.89. The molecular formula is C16H20N2O. The van der Waals surface area contributed by atoms with Crippen LogP contribution < -0.4 is 5.32 Å². The fraction of sp³-hybridized carbons (Fsp3) is 0.438. The highest BCUT2D eigenvalue weighted by Gasteiger charge is 2.26. The predicted molar refractivity (Wildman–Crippen MR) is 76.9 cm³/mol. The second-order valence-corrected chi connectivity index (χ2v) is 5.56. The van der Waals surface area contributed by atoms with Crippen molar-refractivity contribution >= 4 is 10.9 Å². The number of nitrogens with zero attached hydrogens (tertiary/aromatic N) is 1. The summed E-state index contributed by atoms with van der Waals surface area (Å²) in [6, 6.07) is 10.4. The molecule has 1 heterocycles. The summed E-state index contributed by atoms with van der Waals surface area (Å²) in [5.74, 6) is 0.643. The standard InChI is InChI=1S/C16H20N2O/c1-11-6-13(10-17-9-12-7-14(19)8-12)15-4-2-3-5-16(15)18-11/h2-6,12,14,17,19H,7-10H2,1H3. The third kappa shape index (κ3) is 2.77. The molecule has 2 N–H and O–H groups in total. The molecule has 1 fully saturated rings. The monoisotopic (exact) mass is 256 g/mol. The highest BCUT2D eigenvalue weighted by molar-refractivity contribution is 5.82. The van der Waals surface area contributed by atoms with Gasteiger partial charge in [-0.05, 0) is 49.9 Å². The third-order valence-corrected chi connectivity index (χ3v) is 3.89. The maximum atomic E-state index is 9.28. The summed E-state index contributed by atoms with van der Waals surface area (Å²) in [6.45, 7) is 3.90. The van der Waals surface area contributed by atoms with Crippen molar-refractivity contribution in [3.63, 3.8) is 0 Å². The minimum Gasteiger partial charge on any atom is -0.393 e. The van der Waals surface area contributed by atoms with Gasteiger partial charge in [-0.1, -0.05) is 18.2 Å². The summed E-state index contributed by atoms with van der Waals surface area (Å²) in [5.41, 5.74) is 3.44. The molecule has 19 heavy (non-hydrogen) atoms. The van der Waals surface area contributed by atoms with Crippen LogP contribution in [0.25, 0.3) is 10.9 Å². The minimum absolute atomic E-state index is 0.0594. The molecule has 3 rings (SSSR count). The molecule has 1 aromatic carbocycles. The fourth-order valence-corrected chi connectivity index (χ4v) is 2.82. The van der Waals surface area contributed by atoms with Crippen molar-refractivity contribution < 1.29 is 5.11 Å². The summed E-state index contributed by atoms with van der Waals surface area (Å²) in [7, 11) is 0. The molecule has 3 nitrogen and oxygen atoms in total. The molecule has 0 atom stereocenters. The first-order valence-corrected chi connectivity index (χ1v) is 6.96. The Hall–Kier alpha value is -1.45. The molecule has 1 aliphatic rings. The zero-order valence-electron chi connectivity index (χ0n) is 11.3. The van der Waals surface area contributed by atoms with E-state index in [9.17, 15) is 5.11 Å². The number of benzene rings is 1. The van der Waals surface area contributed by atoms with E-state index in [1.807, 2.05) is 13.0 Å². The number of fused-ring (bicyclic) bond motifs is 1. The number of hydrogen-bond acceptors (Lipinski definition) is 3. The van der Waals surface area contributed by atoms with Crippen molar-refractivity contribution in [2.24, 2.45) is 5.92 Å². The van der Waals surface area contributed by atoms with Crippen LogP contribution in [0.15, 0.2) is 30.3 Å². The van der Waals surface area contributed by atoms with Crippen LogP contribution in [-0.4, -0.2) is 22.7 Å². The molecule has 1 aromatic heterocycles. The maximum Gasteiger partial charge on any atom is 0.0708 e. The van der Waals surface area contributed by atoms with Crippen LogP contribution in [0.3, 0.4) is 0 Å². The van der Waals surface area contributed by atoms with Crippen molar-refractivity contribution in [3.05, 3.63) is 41.6 Å². The van der Waals surface area contributed by atoms with Gasteiger partial charge < -0.3 is 10.4 Å². The lowest BCUT2D eigenvalue weighted by molar-refractivity contribution is 0.0430. The average Bonchev–Trinajstić information content (AvgIpc) is 2.36. The number of aliphatic hydroxyl groups excluding tert-OH is 1. The van der Waals surface area contributed by atoms with E-state index in [1.54, 1.807) is 0 Å². The molecule has 0 saturated heterocycles. The average molecular weight is 256 g/mol. The van der Waals surface area contributed by atoms with Gasteiger partial charge in [0.2, 0.25) is 0 Å². The first-order valence-electron chi connectivity index (χ1n) is 6.96. The van der Waals surface area contributed by atoms with Gasteiger partial charge in [0.15, 0.2) is 0 Å². The van der Waals surface area contributed by atoms with Crippen LogP contribution >= 0.6 is 0 Å². The van der Waals surface area contributed by atoms with Crippen molar-refractivity contribution in [2.45, 2.75) is 32.4 Å². The molecule has 1 saturated carbocycles. The highest BCUT2D eigenvalue weighted by atomic mass is 16.3. The lowest BCUT2D eigenvalue weighted by atomic mass is 9.82. The number of nitrogens with one attached hydrogen (secondary N) is 1. The number of hydrogen-bond donors (Lipinski definition) is 2. The number of aliphatic hydroxyl groups is 1. The quantitative estimate of drug-likeness (QED) is 0.883. The Labute approximate surface area is 113 Å². The SMILES string of the molecule is Cc1cc(CNCC2CC(O)C2)c2ccccc2n1. The van der Waals surface area contributed by atoms with Crippen LogP contribution in [0.4, 0.5) is 0 Å². The van der Waals surface area contributed by atoms with Gasteiger partial charge in [-0.2, -0.15) is 0 Å². The van der Waals surface area contributed by atoms with Crippen molar-refractivity contribution in [1.29, 1.82) is 0 Å². The highest BCUT2D eigenvalue weighted by Crippen LogP contribution is 2.26. The Morgan fingerprint density at radius 3 is 2.89 bits per heavy atom. The first kappa shape index (κ1) is 12.6. The lowest BCUT2D eigenvalue weighted by Crippen LogP contribution is -2.35. The normalized spacial score (nSPS) is 22.4. The molecule has 1 aliphatic carbocycles. The molecular weight excluding hydrogens is 236 g/mol. The van der Waals surface area contributed by atoms with E-state index in [1.165, 1.54) is 10.9 Å². The molecule has 0 spiro atoms. The van der Waals surface area contributed by atoms with Crippen LogP contribution in [0.1, 0.15) is 24.1 Å². The van der Waals surface area contributed by atoms with Crippen LogP contribution in [0, 0.1) is 12.8 Å². The second kappa shape index (κ2) is 5.27. The molecule has 100 valence electrons. The Morgan fingerprint density at radius 2 is 2.11 bits per heavy atom. The molecule has 2 aromatic rings. The van der Waals surface area contributed by atoms with Crippen molar-refractivity contribution in [3.8, 4) is 0 Å². The molecule has 0 unspecified atom stereocenters.